The second-order valence-corrected chi connectivity index (χ2v) is 5.61. The van der Waals surface area contributed by atoms with Gasteiger partial charge in [0.2, 0.25) is 0 Å². The van der Waals surface area contributed by atoms with E-state index in [4.69, 9.17) is 0 Å². The monoisotopic (exact) mass is 268 g/mol. The van der Waals surface area contributed by atoms with Gasteiger partial charge in [0.25, 0.3) is 0 Å². The lowest BCUT2D eigenvalue weighted by Gasteiger charge is -2.45. The Morgan fingerprint density at radius 1 is 0.800 bits per heavy atom. The zero-order chi connectivity index (χ0) is 14.0. The van der Waals surface area contributed by atoms with Crippen LogP contribution in [0.3, 0.4) is 0 Å². The van der Waals surface area contributed by atoms with Gasteiger partial charge in [-0.15, -0.1) is 0 Å². The van der Waals surface area contributed by atoms with Gasteiger partial charge in [-0.3, -0.25) is 0 Å². The Kier molecular flexibility index (Phi) is 3.60. The molecule has 1 aliphatic carbocycles. The predicted molar refractivity (Wildman–Crippen MR) is 79.5 cm³/mol. The molecule has 0 radical (unpaired) electrons. The molecule has 0 bridgehead atoms. The third-order valence-corrected chi connectivity index (χ3v) is 4.52. The van der Waals surface area contributed by atoms with E-state index in [1.54, 1.807) is 0 Å². The fourth-order valence-corrected chi connectivity index (χ4v) is 3.49. The van der Waals surface area contributed by atoms with Crippen molar-refractivity contribution in [3.8, 4) is 0 Å². The van der Waals surface area contributed by atoms with E-state index in [1.807, 2.05) is 60.7 Å². The summed E-state index contributed by atoms with van der Waals surface area (Å²) in [6, 6.07) is 20.1. The lowest BCUT2D eigenvalue weighted by atomic mass is 9.62. The zero-order valence-corrected chi connectivity index (χ0v) is 11.4. The summed E-state index contributed by atoms with van der Waals surface area (Å²) >= 11 is 0. The van der Waals surface area contributed by atoms with E-state index in [-0.39, 0.29) is 0 Å². The highest BCUT2D eigenvalue weighted by molar-refractivity contribution is 5.42. The van der Waals surface area contributed by atoms with Gasteiger partial charge >= 0.3 is 0 Å². The van der Waals surface area contributed by atoms with Crippen LogP contribution in [0.2, 0.25) is 0 Å². The highest BCUT2D eigenvalue weighted by atomic mass is 16.3. The summed E-state index contributed by atoms with van der Waals surface area (Å²) in [5, 5.41) is 20.9. The maximum absolute atomic E-state index is 10.7. The van der Waals surface area contributed by atoms with Crippen LogP contribution in [0, 0.1) is 0 Å². The summed E-state index contributed by atoms with van der Waals surface area (Å²) in [7, 11) is 0. The van der Waals surface area contributed by atoms with Crippen molar-refractivity contribution in [2.75, 3.05) is 0 Å². The number of benzene rings is 2. The normalized spacial score (nSPS) is 25.3. The molecule has 0 aromatic heterocycles. The Bertz CT molecular complexity index is 511. The van der Waals surface area contributed by atoms with Crippen LogP contribution in [-0.4, -0.2) is 22.4 Å². The SMILES string of the molecule is OC1CCCC(c2ccccc2)(c2ccccc2)C1O. The van der Waals surface area contributed by atoms with Crippen molar-refractivity contribution in [1.82, 2.24) is 0 Å². The van der Waals surface area contributed by atoms with Crippen molar-refractivity contribution in [3.05, 3.63) is 71.8 Å². The quantitative estimate of drug-likeness (QED) is 0.879. The molecule has 104 valence electrons. The summed E-state index contributed by atoms with van der Waals surface area (Å²) in [4.78, 5) is 0. The van der Waals surface area contributed by atoms with Crippen LogP contribution in [0.25, 0.3) is 0 Å². The second-order valence-electron chi connectivity index (χ2n) is 5.61. The molecule has 2 nitrogen and oxygen atoms in total. The molecular weight excluding hydrogens is 248 g/mol. The number of aliphatic hydroxyl groups excluding tert-OH is 2. The largest absolute Gasteiger partial charge is 0.390 e. The minimum Gasteiger partial charge on any atom is -0.390 e. The van der Waals surface area contributed by atoms with E-state index in [0.717, 1.165) is 24.0 Å². The van der Waals surface area contributed by atoms with Gasteiger partial charge in [-0.05, 0) is 30.4 Å². The smallest absolute Gasteiger partial charge is 0.0935 e. The van der Waals surface area contributed by atoms with Gasteiger partial charge in [0.15, 0.2) is 0 Å². The summed E-state index contributed by atoms with van der Waals surface area (Å²) in [6.45, 7) is 0. The first-order valence-corrected chi connectivity index (χ1v) is 7.22. The van der Waals surface area contributed by atoms with Crippen molar-refractivity contribution in [3.63, 3.8) is 0 Å². The molecule has 0 amide bonds. The van der Waals surface area contributed by atoms with E-state index in [2.05, 4.69) is 0 Å². The molecule has 2 atom stereocenters. The molecule has 0 aliphatic heterocycles. The molecule has 0 spiro atoms. The standard InChI is InChI=1S/C18H20O2/c19-16-12-7-13-18(17(16)20,14-8-3-1-4-9-14)15-10-5-2-6-11-15/h1-6,8-11,16-17,19-20H,7,12-13H2. The van der Waals surface area contributed by atoms with Crippen LogP contribution in [0.5, 0.6) is 0 Å². The van der Waals surface area contributed by atoms with Gasteiger partial charge in [0.05, 0.1) is 12.2 Å². The summed E-state index contributed by atoms with van der Waals surface area (Å²) in [5.41, 5.74) is 1.66. The summed E-state index contributed by atoms with van der Waals surface area (Å²) in [5.74, 6) is 0. The molecule has 3 rings (SSSR count). The molecule has 0 heterocycles. The Balaban J connectivity index is 2.18. The lowest BCUT2D eigenvalue weighted by molar-refractivity contribution is -0.0482. The molecule has 0 saturated heterocycles. The first kappa shape index (κ1) is 13.3. The highest BCUT2D eigenvalue weighted by Gasteiger charge is 2.46. The Labute approximate surface area is 119 Å². The van der Waals surface area contributed by atoms with E-state index in [9.17, 15) is 10.2 Å². The number of aliphatic hydroxyl groups is 2. The van der Waals surface area contributed by atoms with Gasteiger partial charge in [0, 0.05) is 5.41 Å². The van der Waals surface area contributed by atoms with Crippen molar-refractivity contribution >= 4 is 0 Å². The number of hydrogen-bond donors (Lipinski definition) is 2. The average Bonchev–Trinajstić information content (AvgIpc) is 2.52. The Hall–Kier alpha value is -1.64. The highest BCUT2D eigenvalue weighted by Crippen LogP contribution is 2.44. The minimum absolute atomic E-state index is 0.500. The molecular formula is C18H20O2. The van der Waals surface area contributed by atoms with Crippen molar-refractivity contribution in [2.45, 2.75) is 36.9 Å². The first-order chi connectivity index (χ1) is 9.75. The molecule has 1 saturated carbocycles. The predicted octanol–water partition coefficient (Wildman–Crippen LogP) is 2.88. The van der Waals surface area contributed by atoms with Crippen LogP contribution < -0.4 is 0 Å². The van der Waals surface area contributed by atoms with Crippen molar-refractivity contribution in [2.24, 2.45) is 0 Å². The second kappa shape index (κ2) is 5.39. The Morgan fingerprint density at radius 3 is 1.80 bits per heavy atom. The molecule has 2 heteroatoms. The average molecular weight is 268 g/mol. The van der Waals surface area contributed by atoms with Crippen LogP contribution in [0.1, 0.15) is 30.4 Å². The van der Waals surface area contributed by atoms with Crippen molar-refractivity contribution in [1.29, 1.82) is 0 Å². The third kappa shape index (κ3) is 2.05. The van der Waals surface area contributed by atoms with Gasteiger partial charge < -0.3 is 10.2 Å². The van der Waals surface area contributed by atoms with E-state index in [1.165, 1.54) is 0 Å². The fraction of sp³-hybridized carbons (Fsp3) is 0.333. The maximum atomic E-state index is 10.7. The van der Waals surface area contributed by atoms with Gasteiger partial charge in [-0.1, -0.05) is 60.7 Å². The van der Waals surface area contributed by atoms with E-state index < -0.39 is 17.6 Å². The lowest BCUT2D eigenvalue weighted by Crippen LogP contribution is -2.50. The van der Waals surface area contributed by atoms with Crippen LogP contribution >= 0.6 is 0 Å². The van der Waals surface area contributed by atoms with Crippen LogP contribution in [0.4, 0.5) is 0 Å². The zero-order valence-electron chi connectivity index (χ0n) is 11.4. The number of hydrogen-bond acceptors (Lipinski definition) is 2. The Morgan fingerprint density at radius 2 is 1.30 bits per heavy atom. The molecule has 2 aromatic carbocycles. The van der Waals surface area contributed by atoms with Crippen LogP contribution in [0.15, 0.2) is 60.7 Å². The molecule has 2 aromatic rings. The van der Waals surface area contributed by atoms with Gasteiger partial charge in [0.1, 0.15) is 0 Å². The maximum Gasteiger partial charge on any atom is 0.0935 e. The van der Waals surface area contributed by atoms with E-state index in [0.29, 0.717) is 6.42 Å². The summed E-state index contributed by atoms with van der Waals surface area (Å²) < 4.78 is 0. The van der Waals surface area contributed by atoms with Gasteiger partial charge in [-0.2, -0.15) is 0 Å². The van der Waals surface area contributed by atoms with Crippen LogP contribution in [-0.2, 0) is 5.41 Å². The molecule has 2 unspecified atom stereocenters. The molecule has 20 heavy (non-hydrogen) atoms. The number of rotatable bonds is 2. The van der Waals surface area contributed by atoms with Gasteiger partial charge in [-0.25, -0.2) is 0 Å². The van der Waals surface area contributed by atoms with E-state index >= 15 is 0 Å². The fourth-order valence-electron chi connectivity index (χ4n) is 3.49. The third-order valence-electron chi connectivity index (χ3n) is 4.52. The first-order valence-electron chi connectivity index (χ1n) is 7.22. The molecule has 2 N–H and O–H groups in total. The molecule has 1 aliphatic rings. The molecule has 1 fully saturated rings. The summed E-state index contributed by atoms with van der Waals surface area (Å²) in [6.07, 6.45) is 1.02. The minimum atomic E-state index is -0.763. The van der Waals surface area contributed by atoms with Crippen molar-refractivity contribution < 1.29 is 10.2 Å². The topological polar surface area (TPSA) is 40.5 Å².